The van der Waals surface area contributed by atoms with Crippen molar-refractivity contribution in [2.45, 2.75) is 97.4 Å². The number of amides is 2. The van der Waals surface area contributed by atoms with E-state index in [0.29, 0.717) is 37.9 Å². The lowest BCUT2D eigenvalue weighted by atomic mass is 9.85. The molecule has 0 N–H and O–H groups in total. The first-order chi connectivity index (χ1) is 14.1. The van der Waals surface area contributed by atoms with Gasteiger partial charge in [-0.05, 0) is 58.8 Å². The Bertz CT molecular complexity index is 662. The Balaban J connectivity index is 1.84. The minimum absolute atomic E-state index is 0.0391. The lowest BCUT2D eigenvalue weighted by molar-refractivity contribution is -0.140. The van der Waals surface area contributed by atoms with Gasteiger partial charge in [0, 0.05) is 18.5 Å². The number of hydrogen-bond acceptors (Lipinski definition) is 5. The Hall–Kier alpha value is -1.79. The molecule has 0 spiro atoms. The third-order valence-corrected chi connectivity index (χ3v) is 6.32. The molecule has 0 aromatic carbocycles. The van der Waals surface area contributed by atoms with E-state index in [4.69, 9.17) is 9.47 Å². The summed E-state index contributed by atoms with van der Waals surface area (Å²) >= 11 is 0. The van der Waals surface area contributed by atoms with E-state index in [9.17, 15) is 9.59 Å². The van der Waals surface area contributed by atoms with Crippen LogP contribution in [-0.2, 0) is 14.3 Å². The summed E-state index contributed by atoms with van der Waals surface area (Å²) in [6.45, 7) is 13.5. The molecule has 170 valence electrons. The van der Waals surface area contributed by atoms with Gasteiger partial charge in [0.25, 0.3) is 0 Å². The number of hydrogen-bond donors (Lipinski definition) is 0. The fourth-order valence-electron chi connectivity index (χ4n) is 4.80. The molecule has 0 aromatic heterocycles. The van der Waals surface area contributed by atoms with Gasteiger partial charge in [-0.1, -0.05) is 20.8 Å². The second-order valence-electron chi connectivity index (χ2n) is 10.4. The van der Waals surface area contributed by atoms with Crippen LogP contribution in [0.25, 0.3) is 0 Å². The van der Waals surface area contributed by atoms with Crippen molar-refractivity contribution in [2.75, 3.05) is 19.7 Å². The van der Waals surface area contributed by atoms with Crippen LogP contribution in [0.5, 0.6) is 0 Å². The van der Waals surface area contributed by atoms with Crippen LogP contribution < -0.4 is 0 Å². The molecule has 3 rings (SSSR count). The summed E-state index contributed by atoms with van der Waals surface area (Å²) in [6.07, 6.45) is 4.66. The van der Waals surface area contributed by atoms with E-state index < -0.39 is 5.60 Å². The van der Waals surface area contributed by atoms with Gasteiger partial charge in [-0.2, -0.15) is 0 Å². The number of likely N-dealkylation sites (tertiary alicyclic amines) is 1. The van der Waals surface area contributed by atoms with Gasteiger partial charge in [-0.15, -0.1) is 0 Å². The molecule has 0 radical (unpaired) electrons. The second-order valence-corrected chi connectivity index (χ2v) is 10.4. The average molecular weight is 422 g/mol. The molecular formula is C23H39N3O4. The van der Waals surface area contributed by atoms with Gasteiger partial charge in [-0.3, -0.25) is 14.7 Å². The summed E-state index contributed by atoms with van der Waals surface area (Å²) in [4.78, 5) is 34.6. The quantitative estimate of drug-likeness (QED) is 0.691. The zero-order valence-electron chi connectivity index (χ0n) is 19.5. The maximum Gasteiger partial charge on any atom is 0.411 e. The van der Waals surface area contributed by atoms with E-state index in [0.717, 1.165) is 25.7 Å². The lowest BCUT2D eigenvalue weighted by Crippen LogP contribution is -2.51. The first-order valence-corrected chi connectivity index (χ1v) is 11.6. The van der Waals surface area contributed by atoms with E-state index >= 15 is 0 Å². The molecule has 2 amide bonds. The van der Waals surface area contributed by atoms with Crippen molar-refractivity contribution in [1.82, 2.24) is 9.80 Å². The second kappa shape index (κ2) is 9.15. The van der Waals surface area contributed by atoms with Crippen LogP contribution in [0.2, 0.25) is 0 Å². The fourth-order valence-corrected chi connectivity index (χ4v) is 4.80. The maximum atomic E-state index is 13.3. The SMILES string of the molecule is CC1CCC(N(C(=O)C(C)C)[C@H]2C[C@@H](C3=NCCO3)N(C(=O)OC(C)(C)C)C2)CC1. The van der Waals surface area contributed by atoms with Crippen molar-refractivity contribution in [1.29, 1.82) is 0 Å². The Kier molecular flexibility index (Phi) is 6.98. The Labute approximate surface area is 181 Å². The Morgan fingerprint density at radius 3 is 2.37 bits per heavy atom. The molecule has 0 unspecified atom stereocenters. The van der Waals surface area contributed by atoms with Crippen LogP contribution in [-0.4, -0.2) is 71.1 Å². The molecule has 2 fully saturated rings. The molecule has 30 heavy (non-hydrogen) atoms. The van der Waals surface area contributed by atoms with Crippen LogP contribution >= 0.6 is 0 Å². The molecule has 1 saturated heterocycles. The number of nitrogens with zero attached hydrogens (tertiary/aromatic N) is 3. The number of carbonyl (C=O) groups is 2. The van der Waals surface area contributed by atoms with Gasteiger partial charge in [0.1, 0.15) is 18.2 Å². The van der Waals surface area contributed by atoms with E-state index in [-0.39, 0.29) is 36.0 Å². The van der Waals surface area contributed by atoms with Crippen molar-refractivity contribution >= 4 is 17.9 Å². The molecule has 0 bridgehead atoms. The van der Waals surface area contributed by atoms with Crippen molar-refractivity contribution in [3.8, 4) is 0 Å². The number of rotatable bonds is 4. The topological polar surface area (TPSA) is 71.4 Å². The Morgan fingerprint density at radius 1 is 1.17 bits per heavy atom. The third-order valence-electron chi connectivity index (χ3n) is 6.32. The number of carbonyl (C=O) groups excluding carboxylic acids is 2. The summed E-state index contributed by atoms with van der Waals surface area (Å²) in [6, 6.07) is -0.0631. The summed E-state index contributed by atoms with van der Waals surface area (Å²) in [5, 5.41) is 0. The highest BCUT2D eigenvalue weighted by atomic mass is 16.6. The zero-order valence-corrected chi connectivity index (χ0v) is 19.5. The lowest BCUT2D eigenvalue weighted by Gasteiger charge is -2.40. The first-order valence-electron chi connectivity index (χ1n) is 11.6. The zero-order chi connectivity index (χ0) is 22.1. The predicted molar refractivity (Wildman–Crippen MR) is 116 cm³/mol. The molecule has 1 saturated carbocycles. The molecule has 1 aliphatic carbocycles. The summed E-state index contributed by atoms with van der Waals surface area (Å²) in [7, 11) is 0. The highest BCUT2D eigenvalue weighted by Crippen LogP contribution is 2.34. The largest absolute Gasteiger partial charge is 0.478 e. The van der Waals surface area contributed by atoms with Crippen molar-refractivity contribution in [3.05, 3.63) is 0 Å². The van der Waals surface area contributed by atoms with Gasteiger partial charge in [0.05, 0.1) is 12.6 Å². The highest BCUT2D eigenvalue weighted by molar-refractivity contribution is 5.88. The van der Waals surface area contributed by atoms with Crippen LogP contribution in [0.4, 0.5) is 4.79 Å². The number of aliphatic imine (C=N–C) groups is 1. The molecule has 3 aliphatic rings. The smallest absolute Gasteiger partial charge is 0.411 e. The van der Waals surface area contributed by atoms with Crippen LogP contribution in [0, 0.1) is 11.8 Å². The van der Waals surface area contributed by atoms with E-state index in [1.165, 1.54) is 0 Å². The number of ether oxygens (including phenoxy) is 2. The predicted octanol–water partition coefficient (Wildman–Crippen LogP) is 3.86. The van der Waals surface area contributed by atoms with Gasteiger partial charge in [0.2, 0.25) is 11.8 Å². The summed E-state index contributed by atoms with van der Waals surface area (Å²) < 4.78 is 11.4. The van der Waals surface area contributed by atoms with Crippen molar-refractivity contribution in [2.24, 2.45) is 16.8 Å². The Morgan fingerprint density at radius 2 is 1.83 bits per heavy atom. The van der Waals surface area contributed by atoms with Gasteiger partial charge < -0.3 is 14.4 Å². The maximum absolute atomic E-state index is 13.3. The van der Waals surface area contributed by atoms with Gasteiger partial charge >= 0.3 is 6.09 Å². The third kappa shape index (κ3) is 5.27. The molecule has 2 heterocycles. The molecule has 2 aliphatic heterocycles. The van der Waals surface area contributed by atoms with Crippen molar-refractivity contribution in [3.63, 3.8) is 0 Å². The monoisotopic (exact) mass is 421 g/mol. The summed E-state index contributed by atoms with van der Waals surface area (Å²) in [5.41, 5.74) is -0.578. The molecular weight excluding hydrogens is 382 g/mol. The van der Waals surface area contributed by atoms with Crippen LogP contribution in [0.1, 0.15) is 73.6 Å². The molecule has 0 aromatic rings. The normalized spacial score (nSPS) is 29.6. The minimum Gasteiger partial charge on any atom is -0.478 e. The van der Waals surface area contributed by atoms with E-state index in [2.05, 4.69) is 16.8 Å². The van der Waals surface area contributed by atoms with Gasteiger partial charge in [-0.25, -0.2) is 4.79 Å². The fraction of sp³-hybridized carbons (Fsp3) is 0.870. The first kappa shape index (κ1) is 22.9. The van der Waals surface area contributed by atoms with E-state index in [1.54, 1.807) is 4.90 Å². The highest BCUT2D eigenvalue weighted by Gasteiger charge is 2.46. The average Bonchev–Trinajstić information content (AvgIpc) is 3.31. The van der Waals surface area contributed by atoms with Crippen molar-refractivity contribution < 1.29 is 19.1 Å². The molecule has 7 heteroatoms. The molecule has 7 nitrogen and oxygen atoms in total. The standard InChI is InChI=1S/C23H39N3O4/c1-15(2)21(27)26(17-9-7-16(3)8-10-17)18-13-19(20-24-11-12-29-20)25(14-18)22(28)30-23(4,5)6/h15-19H,7-14H2,1-6H3/t16?,17?,18-,19-/m0/s1. The van der Waals surface area contributed by atoms with Crippen LogP contribution in [0.15, 0.2) is 4.99 Å². The van der Waals surface area contributed by atoms with Gasteiger partial charge in [0.15, 0.2) is 0 Å². The minimum atomic E-state index is -0.578. The van der Waals surface area contributed by atoms with Crippen LogP contribution in [0.3, 0.4) is 0 Å². The summed E-state index contributed by atoms with van der Waals surface area (Å²) in [5.74, 6) is 1.43. The van der Waals surface area contributed by atoms with E-state index in [1.807, 2.05) is 34.6 Å². The molecule has 2 atom stereocenters.